The van der Waals surface area contributed by atoms with Crippen LogP contribution in [-0.2, 0) is 4.74 Å². The van der Waals surface area contributed by atoms with Crippen LogP contribution in [0.5, 0.6) is 0 Å². The van der Waals surface area contributed by atoms with Gasteiger partial charge in [-0.05, 0) is 13.3 Å². The van der Waals surface area contributed by atoms with E-state index in [0.717, 1.165) is 6.42 Å². The van der Waals surface area contributed by atoms with Crippen LogP contribution in [0.3, 0.4) is 0 Å². The lowest BCUT2D eigenvalue weighted by Crippen LogP contribution is -2.08. The molecule has 0 aliphatic heterocycles. The van der Waals surface area contributed by atoms with Gasteiger partial charge in [-0.3, -0.25) is 10.1 Å². The lowest BCUT2D eigenvalue weighted by Gasteiger charge is -2.06. The number of ether oxygens (including phenoxy) is 1. The zero-order valence-corrected chi connectivity index (χ0v) is 10.2. The van der Waals surface area contributed by atoms with Crippen molar-refractivity contribution in [1.29, 1.82) is 0 Å². The molecule has 1 aromatic rings. The predicted octanol–water partition coefficient (Wildman–Crippen LogP) is 2.48. The summed E-state index contributed by atoms with van der Waals surface area (Å²) >= 11 is 5.65. The second-order valence-electron chi connectivity index (χ2n) is 3.26. The number of hydrogen-bond acceptors (Lipinski definition) is 5. The highest BCUT2D eigenvalue weighted by molar-refractivity contribution is 6.30. The van der Waals surface area contributed by atoms with Crippen LogP contribution in [0.1, 0.15) is 13.3 Å². The fourth-order valence-electron chi connectivity index (χ4n) is 1.23. The van der Waals surface area contributed by atoms with Gasteiger partial charge in [0.25, 0.3) is 0 Å². The number of nitrogens with zero attached hydrogens (tertiary/aromatic N) is 2. The highest BCUT2D eigenvalue weighted by atomic mass is 35.5. The first kappa shape index (κ1) is 13.7. The molecule has 0 aliphatic carbocycles. The van der Waals surface area contributed by atoms with Gasteiger partial charge in [-0.1, -0.05) is 11.6 Å². The van der Waals surface area contributed by atoms with E-state index in [-0.39, 0.29) is 16.5 Å². The molecule has 0 aliphatic rings. The molecule has 6 nitrogen and oxygen atoms in total. The van der Waals surface area contributed by atoms with Crippen molar-refractivity contribution >= 4 is 23.1 Å². The van der Waals surface area contributed by atoms with Crippen LogP contribution in [0.2, 0.25) is 5.02 Å². The van der Waals surface area contributed by atoms with Crippen LogP contribution in [0.25, 0.3) is 0 Å². The Morgan fingerprint density at radius 1 is 1.65 bits per heavy atom. The van der Waals surface area contributed by atoms with Gasteiger partial charge in [0, 0.05) is 32.0 Å². The average Bonchev–Trinajstić information content (AvgIpc) is 2.30. The quantitative estimate of drug-likeness (QED) is 0.462. The van der Waals surface area contributed by atoms with Crippen LogP contribution in [-0.4, -0.2) is 29.7 Å². The standard InChI is InChI=1S/C10H14ClN3O3/c1-2-17-5-3-4-12-10-9(14(15)16)6-8(11)7-13-10/h6-7H,2-5H2,1H3,(H,12,13). The molecule has 0 spiro atoms. The summed E-state index contributed by atoms with van der Waals surface area (Å²) in [6.07, 6.45) is 2.13. The smallest absolute Gasteiger partial charge is 0.312 e. The summed E-state index contributed by atoms with van der Waals surface area (Å²) in [5.41, 5.74) is -0.117. The largest absolute Gasteiger partial charge is 0.382 e. The summed E-state index contributed by atoms with van der Waals surface area (Å²) in [7, 11) is 0. The SMILES string of the molecule is CCOCCCNc1ncc(Cl)cc1[N+](=O)[O-]. The van der Waals surface area contributed by atoms with E-state index in [9.17, 15) is 10.1 Å². The van der Waals surface area contributed by atoms with Gasteiger partial charge in [0.05, 0.1) is 9.95 Å². The number of rotatable bonds is 7. The Bertz CT molecular complexity index is 387. The van der Waals surface area contributed by atoms with Gasteiger partial charge >= 0.3 is 5.69 Å². The molecule has 94 valence electrons. The molecule has 1 heterocycles. The second kappa shape index (κ2) is 7.03. The topological polar surface area (TPSA) is 77.3 Å². The fourth-order valence-corrected chi connectivity index (χ4v) is 1.38. The first-order valence-corrected chi connectivity index (χ1v) is 5.64. The lowest BCUT2D eigenvalue weighted by atomic mass is 10.3. The molecule has 0 fully saturated rings. The van der Waals surface area contributed by atoms with Crippen molar-refractivity contribution < 1.29 is 9.66 Å². The van der Waals surface area contributed by atoms with Gasteiger partial charge in [0.1, 0.15) is 0 Å². The minimum atomic E-state index is -0.510. The number of nitro groups is 1. The Balaban J connectivity index is 2.55. The molecule has 7 heteroatoms. The maximum atomic E-state index is 10.8. The van der Waals surface area contributed by atoms with Crippen molar-refractivity contribution in [3.05, 3.63) is 27.4 Å². The maximum absolute atomic E-state index is 10.8. The van der Waals surface area contributed by atoms with Gasteiger partial charge < -0.3 is 10.1 Å². The number of anilines is 1. The Labute approximate surface area is 104 Å². The fraction of sp³-hybridized carbons (Fsp3) is 0.500. The minimum Gasteiger partial charge on any atom is -0.382 e. The van der Waals surface area contributed by atoms with Crippen molar-refractivity contribution in [2.45, 2.75) is 13.3 Å². The number of halogens is 1. The van der Waals surface area contributed by atoms with Crippen LogP contribution < -0.4 is 5.32 Å². The summed E-state index contributed by atoms with van der Waals surface area (Å²) in [6, 6.07) is 1.28. The Morgan fingerprint density at radius 2 is 2.41 bits per heavy atom. The third-order valence-electron chi connectivity index (χ3n) is 1.99. The van der Waals surface area contributed by atoms with Crippen molar-refractivity contribution in [3.8, 4) is 0 Å². The van der Waals surface area contributed by atoms with Crippen molar-refractivity contribution in [2.24, 2.45) is 0 Å². The van der Waals surface area contributed by atoms with Gasteiger partial charge in [-0.15, -0.1) is 0 Å². The minimum absolute atomic E-state index is 0.117. The van der Waals surface area contributed by atoms with Gasteiger partial charge in [0.2, 0.25) is 5.82 Å². The third kappa shape index (κ3) is 4.54. The summed E-state index contributed by atoms with van der Waals surface area (Å²) < 4.78 is 5.15. The van der Waals surface area contributed by atoms with Crippen molar-refractivity contribution in [3.63, 3.8) is 0 Å². The van der Waals surface area contributed by atoms with Gasteiger partial charge in [-0.25, -0.2) is 4.98 Å². The number of hydrogen-bond donors (Lipinski definition) is 1. The predicted molar refractivity (Wildman–Crippen MR) is 65.5 cm³/mol. The number of nitrogens with one attached hydrogen (secondary N) is 1. The molecule has 0 aromatic carbocycles. The van der Waals surface area contributed by atoms with Gasteiger partial charge in [0.15, 0.2) is 0 Å². The number of pyridine rings is 1. The van der Waals surface area contributed by atoms with E-state index in [2.05, 4.69) is 10.3 Å². The van der Waals surface area contributed by atoms with Crippen LogP contribution >= 0.6 is 11.6 Å². The van der Waals surface area contributed by atoms with E-state index in [1.165, 1.54) is 12.3 Å². The Kier molecular flexibility index (Phi) is 5.65. The molecule has 0 amide bonds. The molecule has 0 radical (unpaired) electrons. The van der Waals surface area contributed by atoms with Crippen molar-refractivity contribution in [1.82, 2.24) is 4.98 Å². The molecule has 0 bridgehead atoms. The van der Waals surface area contributed by atoms with Crippen LogP contribution in [0, 0.1) is 10.1 Å². The lowest BCUT2D eigenvalue weighted by molar-refractivity contribution is -0.384. The van der Waals surface area contributed by atoms with Crippen LogP contribution in [0.15, 0.2) is 12.3 Å². The molecule has 1 aromatic heterocycles. The molecule has 1 rings (SSSR count). The molecule has 17 heavy (non-hydrogen) atoms. The maximum Gasteiger partial charge on any atom is 0.312 e. The molecule has 0 saturated heterocycles. The summed E-state index contributed by atoms with van der Waals surface area (Å²) in [4.78, 5) is 14.1. The first-order valence-electron chi connectivity index (χ1n) is 5.26. The molecular weight excluding hydrogens is 246 g/mol. The summed E-state index contributed by atoms with van der Waals surface area (Å²) in [5.74, 6) is 0.232. The zero-order chi connectivity index (χ0) is 12.7. The second-order valence-corrected chi connectivity index (χ2v) is 3.69. The van der Waals surface area contributed by atoms with E-state index in [0.29, 0.717) is 19.8 Å². The first-order chi connectivity index (χ1) is 8.15. The summed E-state index contributed by atoms with van der Waals surface area (Å²) in [6.45, 7) is 3.76. The van der Waals surface area contributed by atoms with E-state index >= 15 is 0 Å². The van der Waals surface area contributed by atoms with Gasteiger partial charge in [-0.2, -0.15) is 0 Å². The normalized spacial score (nSPS) is 10.2. The Hall–Kier alpha value is -1.40. The molecule has 0 unspecified atom stereocenters. The Morgan fingerprint density at radius 3 is 3.06 bits per heavy atom. The highest BCUT2D eigenvalue weighted by Gasteiger charge is 2.15. The highest BCUT2D eigenvalue weighted by Crippen LogP contribution is 2.24. The third-order valence-corrected chi connectivity index (χ3v) is 2.20. The monoisotopic (exact) mass is 259 g/mol. The van der Waals surface area contributed by atoms with E-state index < -0.39 is 4.92 Å². The average molecular weight is 260 g/mol. The van der Waals surface area contributed by atoms with E-state index in [4.69, 9.17) is 16.3 Å². The molecule has 0 atom stereocenters. The zero-order valence-electron chi connectivity index (χ0n) is 9.48. The summed E-state index contributed by atoms with van der Waals surface area (Å²) in [5, 5.41) is 13.9. The van der Waals surface area contributed by atoms with Crippen molar-refractivity contribution in [2.75, 3.05) is 25.1 Å². The molecule has 1 N–H and O–H groups in total. The molecule has 0 saturated carbocycles. The van der Waals surface area contributed by atoms with Crippen LogP contribution in [0.4, 0.5) is 11.5 Å². The van der Waals surface area contributed by atoms with E-state index in [1.54, 1.807) is 0 Å². The number of aromatic nitrogens is 1. The van der Waals surface area contributed by atoms with E-state index in [1.807, 2.05) is 6.92 Å². The molecular formula is C10H14ClN3O3.